The highest BCUT2D eigenvalue weighted by molar-refractivity contribution is 7.93. The van der Waals surface area contributed by atoms with Crippen LogP contribution in [0.3, 0.4) is 0 Å². The van der Waals surface area contributed by atoms with Crippen LogP contribution in [0.1, 0.15) is 37.8 Å². The van der Waals surface area contributed by atoms with E-state index in [-0.39, 0.29) is 53.8 Å². The third kappa shape index (κ3) is 6.06. The monoisotopic (exact) mass is 561 g/mol. The lowest BCUT2D eigenvalue weighted by molar-refractivity contribution is -0.141. The van der Waals surface area contributed by atoms with Gasteiger partial charge < -0.3 is 14.2 Å². The summed E-state index contributed by atoms with van der Waals surface area (Å²) in [6.07, 6.45) is 3.79. The quantitative estimate of drug-likeness (QED) is 0.262. The van der Waals surface area contributed by atoms with Crippen molar-refractivity contribution >= 4 is 33.8 Å². The smallest absolute Gasteiger partial charge is 0.305 e. The molecule has 0 radical (unpaired) electrons. The summed E-state index contributed by atoms with van der Waals surface area (Å²) in [5.41, 5.74) is 0.502. The Balaban J connectivity index is 1.76. The van der Waals surface area contributed by atoms with Crippen molar-refractivity contribution in [3.63, 3.8) is 0 Å². The van der Waals surface area contributed by atoms with Gasteiger partial charge in [-0.3, -0.25) is 13.8 Å². The van der Waals surface area contributed by atoms with E-state index in [1.807, 2.05) is 6.92 Å². The highest BCUT2D eigenvalue weighted by atomic mass is 32.2. The van der Waals surface area contributed by atoms with Crippen LogP contribution in [0.15, 0.2) is 47.5 Å². The van der Waals surface area contributed by atoms with Crippen LogP contribution in [-0.4, -0.2) is 50.5 Å². The van der Waals surface area contributed by atoms with Crippen LogP contribution < -0.4 is 13.8 Å². The van der Waals surface area contributed by atoms with Crippen LogP contribution in [0.25, 0.3) is 12.2 Å². The van der Waals surface area contributed by atoms with Crippen LogP contribution in [0.5, 0.6) is 11.6 Å². The molecular weight excluding hydrogens is 532 g/mol. The summed E-state index contributed by atoms with van der Waals surface area (Å²) in [6.45, 7) is 4.10. The van der Waals surface area contributed by atoms with Gasteiger partial charge in [0.2, 0.25) is 0 Å². The van der Waals surface area contributed by atoms with E-state index in [9.17, 15) is 22.0 Å². The van der Waals surface area contributed by atoms with Gasteiger partial charge in [-0.15, -0.1) is 5.10 Å². The van der Waals surface area contributed by atoms with Crippen LogP contribution >= 0.6 is 0 Å². The summed E-state index contributed by atoms with van der Waals surface area (Å²) >= 11 is 0. The Morgan fingerprint density at radius 2 is 1.92 bits per heavy atom. The van der Waals surface area contributed by atoms with E-state index < -0.39 is 33.7 Å². The minimum Gasteiger partial charge on any atom is -0.486 e. The number of nitrogens with zero attached hydrogens (tertiary/aromatic N) is 3. The zero-order valence-corrected chi connectivity index (χ0v) is 22.6. The third-order valence-corrected chi connectivity index (χ3v) is 7.89. The van der Waals surface area contributed by atoms with E-state index in [1.165, 1.54) is 40.5 Å². The van der Waals surface area contributed by atoms with E-state index >= 15 is 0 Å². The van der Waals surface area contributed by atoms with Crippen molar-refractivity contribution in [1.82, 2.24) is 9.78 Å². The molecule has 4 rings (SSSR count). The minimum atomic E-state index is -4.21. The zero-order chi connectivity index (χ0) is 28.2. The van der Waals surface area contributed by atoms with Gasteiger partial charge in [0.1, 0.15) is 23.5 Å². The number of rotatable bonds is 10. The summed E-state index contributed by atoms with van der Waals surface area (Å²) in [6, 6.07) is 8.36. The van der Waals surface area contributed by atoms with Crippen molar-refractivity contribution in [1.29, 1.82) is 0 Å². The Morgan fingerprint density at radius 3 is 2.59 bits per heavy atom. The molecule has 2 heterocycles. The number of ether oxygens (including phenoxy) is 3. The predicted molar refractivity (Wildman–Crippen MR) is 141 cm³/mol. The fourth-order valence-electron chi connectivity index (χ4n) is 4.12. The molecule has 1 aliphatic rings. The number of halogens is 2. The number of methoxy groups -OCH3 is 1. The van der Waals surface area contributed by atoms with Gasteiger partial charge in [-0.1, -0.05) is 18.2 Å². The lowest BCUT2D eigenvalue weighted by Gasteiger charge is -2.35. The standard InChI is InChI=1S/C27H29F2N3O6S/c1-4-31-17-25(27(30-31)37-5-2)39(34,35)32-16-19(11-14-26(33)36-3)38-24-13-10-18(15-23(24)32)9-12-20-21(28)7-6-8-22(20)29/h6-10,12-13,15,17,19H,4-5,11,14,16H2,1-3H3/b12-9+/t19-/m0/s1. The number of aromatic nitrogens is 2. The van der Waals surface area contributed by atoms with Gasteiger partial charge in [0, 0.05) is 24.7 Å². The maximum atomic E-state index is 14.1. The van der Waals surface area contributed by atoms with Crippen LogP contribution in [-0.2, 0) is 26.1 Å². The Labute approximate surface area is 225 Å². The molecular formula is C27H29F2N3O6S. The van der Waals surface area contributed by atoms with Gasteiger partial charge in [0.25, 0.3) is 15.9 Å². The van der Waals surface area contributed by atoms with Crippen molar-refractivity contribution in [2.75, 3.05) is 24.6 Å². The number of aryl methyl sites for hydroxylation is 1. The number of esters is 1. The topological polar surface area (TPSA) is 100.0 Å². The SMILES string of the molecule is CCOc1nn(CC)cc1S(=O)(=O)N1C[C@H](CCC(=O)OC)Oc2ccc(/C=C/c3c(F)cccc3F)cc21. The second-order valence-electron chi connectivity index (χ2n) is 8.67. The molecule has 0 saturated carbocycles. The largest absolute Gasteiger partial charge is 0.486 e. The third-order valence-electron chi connectivity index (χ3n) is 6.12. The van der Waals surface area contributed by atoms with Crippen LogP contribution in [0.2, 0.25) is 0 Å². The molecule has 39 heavy (non-hydrogen) atoms. The van der Waals surface area contributed by atoms with Gasteiger partial charge in [0.15, 0.2) is 4.90 Å². The average molecular weight is 562 g/mol. The Morgan fingerprint density at radius 1 is 1.18 bits per heavy atom. The Kier molecular flexibility index (Phi) is 8.54. The molecule has 2 aromatic carbocycles. The first-order valence-electron chi connectivity index (χ1n) is 12.4. The number of sulfonamides is 1. The van der Waals surface area contributed by atoms with Crippen molar-refractivity contribution in [3.8, 4) is 11.6 Å². The normalized spacial score (nSPS) is 15.2. The molecule has 0 saturated heterocycles. The number of hydrogen-bond donors (Lipinski definition) is 0. The first kappa shape index (κ1) is 28.1. The molecule has 0 unspecified atom stereocenters. The van der Waals surface area contributed by atoms with Gasteiger partial charge in [-0.2, -0.15) is 0 Å². The lowest BCUT2D eigenvalue weighted by Crippen LogP contribution is -2.43. The maximum Gasteiger partial charge on any atom is 0.305 e. The molecule has 0 aliphatic carbocycles. The molecule has 3 aromatic rings. The highest BCUT2D eigenvalue weighted by Crippen LogP contribution is 2.40. The summed E-state index contributed by atoms with van der Waals surface area (Å²) in [4.78, 5) is 11.6. The Bertz CT molecular complexity index is 1470. The van der Waals surface area contributed by atoms with Crippen LogP contribution in [0.4, 0.5) is 14.5 Å². The molecule has 1 aromatic heterocycles. The summed E-state index contributed by atoms with van der Waals surface area (Å²) in [7, 11) is -2.93. The molecule has 0 fully saturated rings. The second-order valence-corrected chi connectivity index (χ2v) is 10.5. The number of carbonyl (C=O) groups is 1. The van der Waals surface area contributed by atoms with E-state index in [4.69, 9.17) is 14.2 Å². The van der Waals surface area contributed by atoms with Crippen molar-refractivity contribution in [2.45, 2.75) is 44.2 Å². The summed E-state index contributed by atoms with van der Waals surface area (Å²) in [5.74, 6) is -1.63. The van der Waals surface area contributed by atoms with Crippen LogP contribution in [0, 0.1) is 11.6 Å². The summed E-state index contributed by atoms with van der Waals surface area (Å²) < 4.78 is 75.2. The van der Waals surface area contributed by atoms with Gasteiger partial charge in [0.05, 0.1) is 25.9 Å². The number of benzene rings is 2. The molecule has 0 N–H and O–H groups in total. The van der Waals surface area contributed by atoms with E-state index in [0.29, 0.717) is 12.1 Å². The molecule has 1 atom stereocenters. The molecule has 12 heteroatoms. The zero-order valence-electron chi connectivity index (χ0n) is 21.8. The fraction of sp³-hybridized carbons (Fsp3) is 0.333. The average Bonchev–Trinajstić information content (AvgIpc) is 3.35. The van der Waals surface area contributed by atoms with E-state index in [1.54, 1.807) is 25.1 Å². The van der Waals surface area contributed by atoms with E-state index in [2.05, 4.69) is 5.10 Å². The highest BCUT2D eigenvalue weighted by Gasteiger charge is 2.37. The van der Waals surface area contributed by atoms with Crippen molar-refractivity contribution in [2.24, 2.45) is 0 Å². The van der Waals surface area contributed by atoms with Crippen molar-refractivity contribution in [3.05, 3.63) is 65.4 Å². The first-order valence-corrected chi connectivity index (χ1v) is 13.8. The minimum absolute atomic E-state index is 0.0235. The van der Waals surface area contributed by atoms with Gasteiger partial charge >= 0.3 is 5.97 Å². The number of anilines is 1. The number of carbonyl (C=O) groups excluding carboxylic acids is 1. The predicted octanol–water partition coefficient (Wildman–Crippen LogP) is 4.66. The Hall–Kier alpha value is -3.93. The van der Waals surface area contributed by atoms with Crippen molar-refractivity contribution < 1.29 is 36.2 Å². The van der Waals surface area contributed by atoms with E-state index in [0.717, 1.165) is 12.1 Å². The molecule has 208 valence electrons. The fourth-order valence-corrected chi connectivity index (χ4v) is 5.70. The molecule has 0 spiro atoms. The van der Waals surface area contributed by atoms with Gasteiger partial charge in [-0.05, 0) is 56.2 Å². The molecule has 0 bridgehead atoms. The molecule has 9 nitrogen and oxygen atoms in total. The second kappa shape index (κ2) is 11.9. The number of hydrogen-bond acceptors (Lipinski definition) is 7. The lowest BCUT2D eigenvalue weighted by atomic mass is 10.1. The van der Waals surface area contributed by atoms with Gasteiger partial charge in [-0.25, -0.2) is 17.2 Å². The number of fused-ring (bicyclic) bond motifs is 1. The first-order chi connectivity index (χ1) is 18.7. The molecule has 0 amide bonds. The maximum absolute atomic E-state index is 14.1. The molecule has 1 aliphatic heterocycles. The summed E-state index contributed by atoms with van der Waals surface area (Å²) in [5, 5.41) is 4.24.